The van der Waals surface area contributed by atoms with Gasteiger partial charge in [0.05, 0.1) is 5.69 Å². The fraction of sp³-hybridized carbons (Fsp3) is 0.100. The maximum atomic E-state index is 11.5. The first-order chi connectivity index (χ1) is 6.16. The van der Waals surface area contributed by atoms with Crippen LogP contribution in [0.4, 0.5) is 5.69 Å². The van der Waals surface area contributed by atoms with Gasteiger partial charge in [0.2, 0.25) is 0 Å². The summed E-state index contributed by atoms with van der Waals surface area (Å²) < 4.78 is 0. The van der Waals surface area contributed by atoms with Crippen molar-refractivity contribution in [2.45, 2.75) is 6.92 Å². The molecule has 0 heterocycles. The molecule has 0 saturated carbocycles. The van der Waals surface area contributed by atoms with E-state index in [1.54, 1.807) is 31.2 Å². The van der Waals surface area contributed by atoms with Crippen LogP contribution in [0.2, 0.25) is 0 Å². The number of ketones is 1. The van der Waals surface area contributed by atoms with Crippen molar-refractivity contribution in [3.05, 3.63) is 42.0 Å². The monoisotopic (exact) mass is 195 g/mol. The van der Waals surface area contributed by atoms with Crippen molar-refractivity contribution < 1.29 is 4.79 Å². The van der Waals surface area contributed by atoms with Crippen molar-refractivity contribution >= 4 is 23.2 Å². The van der Waals surface area contributed by atoms with E-state index >= 15 is 0 Å². The van der Waals surface area contributed by atoms with Gasteiger partial charge in [-0.2, -0.15) is 0 Å². The fourth-order valence-electron chi connectivity index (χ4n) is 0.993. The van der Waals surface area contributed by atoms with Crippen LogP contribution in [0.15, 0.2) is 36.4 Å². The van der Waals surface area contributed by atoms with Crippen molar-refractivity contribution in [1.29, 1.82) is 0 Å². The van der Waals surface area contributed by atoms with Crippen molar-refractivity contribution in [3.8, 4) is 0 Å². The predicted octanol–water partition coefficient (Wildman–Crippen LogP) is 3.01. The number of rotatable bonds is 3. The lowest BCUT2D eigenvalue weighted by molar-refractivity contribution is 0.103. The summed E-state index contributed by atoms with van der Waals surface area (Å²) in [4.78, 5) is 14.0. The van der Waals surface area contributed by atoms with E-state index in [9.17, 15) is 4.79 Å². The third-order valence-electron chi connectivity index (χ3n) is 1.66. The molecular formula is C10H10ClNO. The van der Waals surface area contributed by atoms with Crippen LogP contribution in [0, 0.1) is 0 Å². The van der Waals surface area contributed by atoms with E-state index < -0.39 is 0 Å². The summed E-state index contributed by atoms with van der Waals surface area (Å²) in [6, 6.07) is 7.04. The Morgan fingerprint density at radius 2 is 2.08 bits per heavy atom. The molecule has 0 fully saturated rings. The molecule has 0 saturated heterocycles. The molecule has 0 aliphatic carbocycles. The minimum Gasteiger partial charge on any atom is -0.298 e. The summed E-state index contributed by atoms with van der Waals surface area (Å²) in [5.41, 5.74) is 1.65. The van der Waals surface area contributed by atoms with Crippen molar-refractivity contribution in [1.82, 2.24) is 0 Å². The lowest BCUT2D eigenvalue weighted by Crippen LogP contribution is -2.02. The third-order valence-corrected chi connectivity index (χ3v) is 1.86. The van der Waals surface area contributed by atoms with Gasteiger partial charge in [-0.3, -0.25) is 9.63 Å². The van der Waals surface area contributed by atoms with Gasteiger partial charge in [-0.05, 0) is 24.6 Å². The minimum absolute atomic E-state index is 0.0937. The summed E-state index contributed by atoms with van der Waals surface area (Å²) >= 11 is 5.45. The molecular weight excluding hydrogens is 186 g/mol. The number of hydrogen-bond acceptors (Lipinski definition) is 2. The van der Waals surface area contributed by atoms with E-state index in [-0.39, 0.29) is 5.78 Å². The molecule has 0 aliphatic rings. The molecule has 0 aromatic heterocycles. The standard InChI is InChI=1S/C10H10ClNO/c1-7(2)10(13)8-5-3-4-6-9(8)12-11/h3-6,12H,1H2,2H3. The number of Topliss-reactive ketones (excluding diaryl/α,β-unsaturated/α-hetero) is 1. The van der Waals surface area contributed by atoms with Crippen LogP contribution >= 0.6 is 11.8 Å². The number of allylic oxidation sites excluding steroid dienone is 1. The number of para-hydroxylation sites is 1. The molecule has 0 spiro atoms. The summed E-state index contributed by atoms with van der Waals surface area (Å²) in [6.45, 7) is 5.26. The van der Waals surface area contributed by atoms with Crippen LogP contribution in [0.5, 0.6) is 0 Å². The molecule has 0 amide bonds. The van der Waals surface area contributed by atoms with Crippen LogP contribution < -0.4 is 4.84 Å². The van der Waals surface area contributed by atoms with Gasteiger partial charge < -0.3 is 0 Å². The molecule has 1 aromatic rings. The Labute approximate surface area is 82.3 Å². The summed E-state index contributed by atoms with van der Waals surface area (Å²) in [6.07, 6.45) is 0. The van der Waals surface area contributed by atoms with Gasteiger partial charge in [0.1, 0.15) is 0 Å². The average Bonchev–Trinajstić information content (AvgIpc) is 2.16. The van der Waals surface area contributed by atoms with Gasteiger partial charge in [-0.15, -0.1) is 0 Å². The number of nitrogens with one attached hydrogen (secondary N) is 1. The predicted molar refractivity (Wildman–Crippen MR) is 55.1 cm³/mol. The molecule has 0 unspecified atom stereocenters. The number of carbonyl (C=O) groups is 1. The van der Waals surface area contributed by atoms with E-state index in [1.165, 1.54) is 0 Å². The van der Waals surface area contributed by atoms with Crippen molar-refractivity contribution in [2.24, 2.45) is 0 Å². The summed E-state index contributed by atoms with van der Waals surface area (Å²) in [5, 5.41) is 0. The lowest BCUT2D eigenvalue weighted by Gasteiger charge is -2.05. The van der Waals surface area contributed by atoms with Gasteiger partial charge >= 0.3 is 0 Å². The van der Waals surface area contributed by atoms with Crippen LogP contribution in [-0.4, -0.2) is 5.78 Å². The van der Waals surface area contributed by atoms with Crippen LogP contribution in [-0.2, 0) is 0 Å². The van der Waals surface area contributed by atoms with E-state index in [0.717, 1.165) is 0 Å². The first-order valence-electron chi connectivity index (χ1n) is 3.82. The fourth-order valence-corrected chi connectivity index (χ4v) is 1.16. The molecule has 3 heteroatoms. The molecule has 1 N–H and O–H groups in total. The van der Waals surface area contributed by atoms with Crippen LogP contribution in [0.25, 0.3) is 0 Å². The van der Waals surface area contributed by atoms with Gasteiger partial charge in [0.15, 0.2) is 5.78 Å². The van der Waals surface area contributed by atoms with E-state index in [0.29, 0.717) is 16.8 Å². The Morgan fingerprint density at radius 1 is 1.46 bits per heavy atom. The smallest absolute Gasteiger partial charge is 0.190 e. The lowest BCUT2D eigenvalue weighted by atomic mass is 10.0. The second-order valence-electron chi connectivity index (χ2n) is 2.75. The molecule has 0 atom stereocenters. The van der Waals surface area contributed by atoms with Crippen molar-refractivity contribution in [2.75, 3.05) is 4.84 Å². The number of anilines is 1. The van der Waals surface area contributed by atoms with E-state index in [1.807, 2.05) is 0 Å². The molecule has 68 valence electrons. The molecule has 1 rings (SSSR count). The molecule has 2 nitrogen and oxygen atoms in total. The zero-order valence-electron chi connectivity index (χ0n) is 7.30. The van der Waals surface area contributed by atoms with Gasteiger partial charge in [-0.25, -0.2) is 0 Å². The normalized spacial score (nSPS) is 9.38. The Balaban J connectivity index is 3.13. The van der Waals surface area contributed by atoms with Crippen LogP contribution in [0.1, 0.15) is 17.3 Å². The molecule has 0 radical (unpaired) electrons. The molecule has 0 aliphatic heterocycles. The number of halogens is 1. The largest absolute Gasteiger partial charge is 0.298 e. The average molecular weight is 196 g/mol. The maximum absolute atomic E-state index is 11.5. The molecule has 0 bridgehead atoms. The SMILES string of the molecule is C=C(C)C(=O)c1ccccc1NCl. The number of carbonyl (C=O) groups excluding carboxylic acids is 1. The quantitative estimate of drug-likeness (QED) is 0.456. The molecule has 1 aromatic carbocycles. The van der Waals surface area contributed by atoms with E-state index in [2.05, 4.69) is 11.4 Å². The first-order valence-corrected chi connectivity index (χ1v) is 4.20. The summed E-state index contributed by atoms with van der Waals surface area (Å²) in [7, 11) is 0. The number of benzene rings is 1. The van der Waals surface area contributed by atoms with Crippen molar-refractivity contribution in [3.63, 3.8) is 0 Å². The van der Waals surface area contributed by atoms with E-state index in [4.69, 9.17) is 11.8 Å². The Bertz CT molecular complexity index is 347. The Kier molecular flexibility index (Phi) is 3.09. The highest BCUT2D eigenvalue weighted by Crippen LogP contribution is 2.18. The zero-order valence-corrected chi connectivity index (χ0v) is 8.06. The first kappa shape index (κ1) is 9.81. The highest BCUT2D eigenvalue weighted by Gasteiger charge is 2.10. The third kappa shape index (κ3) is 2.10. The number of hydrogen-bond donors (Lipinski definition) is 1. The highest BCUT2D eigenvalue weighted by molar-refractivity contribution is 6.26. The second kappa shape index (κ2) is 4.10. The van der Waals surface area contributed by atoms with Gasteiger partial charge in [0.25, 0.3) is 0 Å². The second-order valence-corrected chi connectivity index (χ2v) is 2.94. The molecule has 13 heavy (non-hydrogen) atoms. The Morgan fingerprint density at radius 3 is 2.62 bits per heavy atom. The van der Waals surface area contributed by atoms with Gasteiger partial charge in [0, 0.05) is 17.3 Å². The zero-order chi connectivity index (χ0) is 9.84. The Hall–Kier alpha value is -1.28. The van der Waals surface area contributed by atoms with Gasteiger partial charge in [-0.1, -0.05) is 18.7 Å². The van der Waals surface area contributed by atoms with Crippen LogP contribution in [0.3, 0.4) is 0 Å². The minimum atomic E-state index is -0.0937. The topological polar surface area (TPSA) is 29.1 Å². The maximum Gasteiger partial charge on any atom is 0.190 e. The summed E-state index contributed by atoms with van der Waals surface area (Å²) in [5.74, 6) is -0.0937. The highest BCUT2D eigenvalue weighted by atomic mass is 35.5.